The molecule has 2 unspecified atom stereocenters. The van der Waals surface area contributed by atoms with E-state index in [9.17, 15) is 0 Å². The van der Waals surface area contributed by atoms with Gasteiger partial charge in [-0.05, 0) is 60.8 Å². The van der Waals surface area contributed by atoms with Crippen molar-refractivity contribution in [1.29, 1.82) is 0 Å². The Morgan fingerprint density at radius 3 is 2.39 bits per heavy atom. The monoisotopic (exact) mass is 303 g/mol. The average molecular weight is 303 g/mol. The smallest absolute Gasteiger partial charge is 0.0351 e. The van der Waals surface area contributed by atoms with E-state index in [0.29, 0.717) is 6.04 Å². The molecule has 2 aliphatic carbocycles. The van der Waals surface area contributed by atoms with Crippen LogP contribution in [0.3, 0.4) is 0 Å². The minimum atomic E-state index is 0.528. The van der Waals surface area contributed by atoms with Gasteiger partial charge in [0.15, 0.2) is 0 Å². The molecule has 1 fully saturated rings. The summed E-state index contributed by atoms with van der Waals surface area (Å²) in [6, 6.07) is 22.3. The van der Waals surface area contributed by atoms with Gasteiger partial charge in [-0.2, -0.15) is 0 Å². The third-order valence-corrected chi connectivity index (χ3v) is 5.46. The van der Waals surface area contributed by atoms with Crippen LogP contribution in [0.1, 0.15) is 30.4 Å². The Hall–Kier alpha value is -1.86. The molecule has 118 valence electrons. The molecular weight excluding hydrogens is 278 g/mol. The number of rotatable bonds is 5. The fraction of sp³-hybridized carbons (Fsp3) is 0.364. The summed E-state index contributed by atoms with van der Waals surface area (Å²) in [7, 11) is 0. The summed E-state index contributed by atoms with van der Waals surface area (Å²) in [6.07, 6.45) is 7.78. The Labute approximate surface area is 139 Å². The summed E-state index contributed by atoms with van der Waals surface area (Å²) in [5, 5.41) is 3.88. The largest absolute Gasteiger partial charge is 0.309 e. The summed E-state index contributed by atoms with van der Waals surface area (Å²) in [6.45, 7) is 1.06. The Morgan fingerprint density at radius 1 is 0.870 bits per heavy atom. The van der Waals surface area contributed by atoms with Gasteiger partial charge in [0.25, 0.3) is 0 Å². The van der Waals surface area contributed by atoms with Gasteiger partial charge in [0.05, 0.1) is 0 Å². The summed E-state index contributed by atoms with van der Waals surface area (Å²) in [5.41, 5.74) is 4.36. The molecule has 1 N–H and O–H groups in total. The molecule has 1 heteroatoms. The quantitative estimate of drug-likeness (QED) is 0.844. The van der Waals surface area contributed by atoms with E-state index in [1.54, 1.807) is 0 Å². The lowest BCUT2D eigenvalue weighted by molar-refractivity contribution is 0.406. The van der Waals surface area contributed by atoms with Crippen LogP contribution in [0.2, 0.25) is 0 Å². The van der Waals surface area contributed by atoms with Crippen molar-refractivity contribution in [2.24, 2.45) is 11.8 Å². The molecular formula is C22H25N. The van der Waals surface area contributed by atoms with Gasteiger partial charge in [-0.1, -0.05) is 66.7 Å². The fourth-order valence-corrected chi connectivity index (χ4v) is 4.32. The van der Waals surface area contributed by atoms with Crippen LogP contribution in [0.25, 0.3) is 5.57 Å². The molecule has 2 aromatic carbocycles. The van der Waals surface area contributed by atoms with Gasteiger partial charge in [-0.25, -0.2) is 0 Å². The molecule has 0 aromatic heterocycles. The lowest BCUT2D eigenvalue weighted by atomic mass is 9.81. The van der Waals surface area contributed by atoms with Crippen LogP contribution in [0.15, 0.2) is 66.7 Å². The van der Waals surface area contributed by atoms with Crippen LogP contribution in [-0.2, 0) is 6.42 Å². The highest BCUT2D eigenvalue weighted by Gasteiger charge is 2.36. The zero-order valence-corrected chi connectivity index (χ0v) is 13.6. The highest BCUT2D eigenvalue weighted by molar-refractivity contribution is 5.71. The predicted octanol–water partition coefficient (Wildman–Crippen LogP) is 4.70. The van der Waals surface area contributed by atoms with Gasteiger partial charge in [-0.15, -0.1) is 0 Å². The van der Waals surface area contributed by atoms with Crippen LogP contribution in [0.4, 0.5) is 0 Å². The minimum Gasteiger partial charge on any atom is -0.309 e. The van der Waals surface area contributed by atoms with E-state index in [2.05, 4.69) is 72.1 Å². The maximum atomic E-state index is 3.88. The van der Waals surface area contributed by atoms with E-state index < -0.39 is 0 Å². The molecule has 0 saturated heterocycles. The third kappa shape index (κ3) is 3.25. The molecule has 0 radical (unpaired) electrons. The fourth-order valence-electron chi connectivity index (χ4n) is 4.32. The van der Waals surface area contributed by atoms with Crippen LogP contribution < -0.4 is 5.32 Å². The number of benzene rings is 2. The Bertz CT molecular complexity index is 659. The van der Waals surface area contributed by atoms with Gasteiger partial charge < -0.3 is 5.32 Å². The molecule has 3 atom stereocenters. The molecule has 1 saturated carbocycles. The Kier molecular flexibility index (Phi) is 4.30. The van der Waals surface area contributed by atoms with E-state index in [-0.39, 0.29) is 0 Å². The molecule has 0 aliphatic heterocycles. The predicted molar refractivity (Wildman–Crippen MR) is 97.2 cm³/mol. The van der Waals surface area contributed by atoms with E-state index >= 15 is 0 Å². The first-order chi connectivity index (χ1) is 11.4. The highest BCUT2D eigenvalue weighted by atomic mass is 14.9. The van der Waals surface area contributed by atoms with Crippen molar-refractivity contribution in [1.82, 2.24) is 5.32 Å². The first-order valence-corrected chi connectivity index (χ1v) is 8.94. The van der Waals surface area contributed by atoms with E-state index in [4.69, 9.17) is 0 Å². The summed E-state index contributed by atoms with van der Waals surface area (Å²) >= 11 is 0. The van der Waals surface area contributed by atoms with Crippen molar-refractivity contribution in [3.05, 3.63) is 77.9 Å². The van der Waals surface area contributed by atoms with Crippen molar-refractivity contribution >= 4 is 5.57 Å². The number of fused-ring (bicyclic) bond motifs is 2. The zero-order chi connectivity index (χ0) is 15.5. The number of nitrogens with one attached hydrogen (secondary N) is 1. The van der Waals surface area contributed by atoms with Gasteiger partial charge >= 0.3 is 0 Å². The molecule has 4 rings (SSSR count). The van der Waals surface area contributed by atoms with Crippen molar-refractivity contribution < 1.29 is 0 Å². The molecule has 0 amide bonds. The second kappa shape index (κ2) is 6.72. The second-order valence-corrected chi connectivity index (χ2v) is 6.99. The molecule has 0 heterocycles. The summed E-state index contributed by atoms with van der Waals surface area (Å²) in [4.78, 5) is 0. The summed E-state index contributed by atoms with van der Waals surface area (Å²) in [5.74, 6) is 1.62. The Morgan fingerprint density at radius 2 is 1.61 bits per heavy atom. The Balaban J connectivity index is 1.48. The first kappa shape index (κ1) is 14.7. The van der Waals surface area contributed by atoms with Crippen LogP contribution in [0, 0.1) is 11.8 Å². The average Bonchev–Trinajstić information content (AvgIpc) is 3.01. The van der Waals surface area contributed by atoms with E-state index in [1.165, 1.54) is 36.0 Å². The molecule has 2 bridgehead atoms. The third-order valence-electron chi connectivity index (χ3n) is 5.46. The molecule has 2 aliphatic rings. The van der Waals surface area contributed by atoms with Crippen molar-refractivity contribution in [2.45, 2.75) is 31.7 Å². The van der Waals surface area contributed by atoms with Crippen molar-refractivity contribution in [3.8, 4) is 0 Å². The minimum absolute atomic E-state index is 0.528. The van der Waals surface area contributed by atoms with Gasteiger partial charge in [-0.3, -0.25) is 0 Å². The van der Waals surface area contributed by atoms with Crippen molar-refractivity contribution in [3.63, 3.8) is 0 Å². The lowest BCUT2D eigenvalue weighted by Gasteiger charge is -2.31. The van der Waals surface area contributed by atoms with Gasteiger partial charge in [0, 0.05) is 6.04 Å². The summed E-state index contributed by atoms with van der Waals surface area (Å²) < 4.78 is 0. The van der Waals surface area contributed by atoms with Crippen LogP contribution >= 0.6 is 0 Å². The SMILES string of the molecule is C1=C(c2ccccc2)[C@@H](NCCc2ccccc2)C2CCC1C2. The van der Waals surface area contributed by atoms with Gasteiger partial charge in [0.1, 0.15) is 0 Å². The topological polar surface area (TPSA) is 12.0 Å². The number of hydrogen-bond donors (Lipinski definition) is 1. The number of hydrogen-bond acceptors (Lipinski definition) is 1. The highest BCUT2D eigenvalue weighted by Crippen LogP contribution is 2.44. The maximum absolute atomic E-state index is 3.88. The second-order valence-electron chi connectivity index (χ2n) is 6.99. The van der Waals surface area contributed by atoms with Crippen molar-refractivity contribution in [2.75, 3.05) is 6.54 Å². The molecule has 2 aromatic rings. The van der Waals surface area contributed by atoms with Gasteiger partial charge in [0.2, 0.25) is 0 Å². The van der Waals surface area contributed by atoms with E-state index in [1.807, 2.05) is 0 Å². The molecule has 1 nitrogen and oxygen atoms in total. The normalized spacial score (nSPS) is 26.1. The molecule has 23 heavy (non-hydrogen) atoms. The van der Waals surface area contributed by atoms with Crippen LogP contribution in [0.5, 0.6) is 0 Å². The van der Waals surface area contributed by atoms with Crippen LogP contribution in [-0.4, -0.2) is 12.6 Å². The number of allylic oxidation sites excluding steroid dienone is 1. The van der Waals surface area contributed by atoms with E-state index in [0.717, 1.165) is 24.8 Å². The zero-order valence-electron chi connectivity index (χ0n) is 13.6. The first-order valence-electron chi connectivity index (χ1n) is 8.94. The maximum Gasteiger partial charge on any atom is 0.0351 e. The standard InChI is InChI=1S/C22H25N/c1-3-7-17(8-4-1)13-14-23-22-20-12-11-18(15-20)16-21(22)19-9-5-2-6-10-19/h1-10,16,18,20,22-23H,11-15H2/t18?,20?,22-/m0/s1. The molecule has 0 spiro atoms. The lowest BCUT2D eigenvalue weighted by Crippen LogP contribution is -2.39.